The van der Waals surface area contributed by atoms with Crippen molar-refractivity contribution in [1.82, 2.24) is 4.90 Å². The monoisotopic (exact) mass is 180 g/mol. The Morgan fingerprint density at radius 3 is 2.46 bits per heavy atom. The Labute approximate surface area is 80.5 Å². The van der Waals surface area contributed by atoms with Gasteiger partial charge in [0.1, 0.15) is 0 Å². The van der Waals surface area contributed by atoms with Gasteiger partial charge < -0.3 is 5.73 Å². The molecule has 0 radical (unpaired) electrons. The van der Waals surface area contributed by atoms with Crippen LogP contribution in [0.2, 0.25) is 0 Å². The third-order valence-corrected chi connectivity index (χ3v) is 4.21. The van der Waals surface area contributed by atoms with Crippen LogP contribution in [0.1, 0.15) is 32.1 Å². The first-order valence-corrected chi connectivity index (χ1v) is 5.82. The van der Waals surface area contributed by atoms with Crippen LogP contribution < -0.4 is 5.73 Å². The van der Waals surface area contributed by atoms with Gasteiger partial charge in [0.15, 0.2) is 0 Å². The summed E-state index contributed by atoms with van der Waals surface area (Å²) in [7, 11) is 0. The molecule has 1 aliphatic heterocycles. The van der Waals surface area contributed by atoms with Crippen LogP contribution in [-0.4, -0.2) is 30.1 Å². The minimum absolute atomic E-state index is 0.496. The second-order valence-corrected chi connectivity index (χ2v) is 5.29. The number of nitrogens with zero attached hydrogens (tertiary/aromatic N) is 1. The molecule has 74 valence electrons. The summed E-state index contributed by atoms with van der Waals surface area (Å²) in [5.41, 5.74) is 6.01. The lowest BCUT2D eigenvalue weighted by atomic mass is 9.90. The molecule has 0 aromatic rings. The zero-order chi connectivity index (χ0) is 8.84. The predicted molar refractivity (Wildman–Crippen MR) is 53.4 cm³/mol. The second kappa shape index (κ2) is 2.96. The molecule has 2 saturated carbocycles. The van der Waals surface area contributed by atoms with Crippen LogP contribution >= 0.6 is 0 Å². The quantitative estimate of drug-likeness (QED) is 0.657. The molecule has 0 aromatic carbocycles. The Bertz CT molecular complexity index is 194. The molecule has 0 spiro atoms. The maximum Gasteiger partial charge on any atom is 0.0110 e. The summed E-state index contributed by atoms with van der Waals surface area (Å²) >= 11 is 0. The normalized spacial score (nSPS) is 50.5. The van der Waals surface area contributed by atoms with Gasteiger partial charge in [-0.25, -0.2) is 0 Å². The number of likely N-dealkylation sites (tertiary alicyclic amines) is 1. The summed E-state index contributed by atoms with van der Waals surface area (Å²) in [6.07, 6.45) is 6.82. The fraction of sp³-hybridized carbons (Fsp3) is 1.00. The number of hydrogen-bond donors (Lipinski definition) is 1. The van der Waals surface area contributed by atoms with Gasteiger partial charge >= 0.3 is 0 Å². The number of fused-ring (bicyclic) bond motifs is 1. The van der Waals surface area contributed by atoms with Crippen molar-refractivity contribution < 1.29 is 0 Å². The lowest BCUT2D eigenvalue weighted by molar-refractivity contribution is 0.164. The van der Waals surface area contributed by atoms with Gasteiger partial charge in [-0.2, -0.15) is 0 Å². The maximum atomic E-state index is 6.01. The average molecular weight is 180 g/mol. The van der Waals surface area contributed by atoms with Crippen molar-refractivity contribution in [3.8, 4) is 0 Å². The van der Waals surface area contributed by atoms with E-state index in [1.54, 1.807) is 0 Å². The smallest absolute Gasteiger partial charge is 0.0110 e. The fourth-order valence-electron chi connectivity index (χ4n) is 3.27. The molecule has 3 aliphatic rings. The molecule has 2 nitrogen and oxygen atoms in total. The molecule has 13 heavy (non-hydrogen) atoms. The molecule has 2 aliphatic carbocycles. The van der Waals surface area contributed by atoms with E-state index in [1.807, 2.05) is 0 Å². The highest BCUT2D eigenvalue weighted by atomic mass is 15.2. The first-order chi connectivity index (χ1) is 6.33. The second-order valence-electron chi connectivity index (χ2n) is 5.29. The number of hydrogen-bond acceptors (Lipinski definition) is 2. The fourth-order valence-corrected chi connectivity index (χ4v) is 3.27. The highest BCUT2D eigenvalue weighted by Gasteiger charge is 2.46. The summed E-state index contributed by atoms with van der Waals surface area (Å²) < 4.78 is 0. The molecule has 0 bridgehead atoms. The van der Waals surface area contributed by atoms with Gasteiger partial charge in [0, 0.05) is 25.2 Å². The van der Waals surface area contributed by atoms with E-state index in [0.717, 1.165) is 17.9 Å². The molecule has 1 heterocycles. The molecule has 3 fully saturated rings. The van der Waals surface area contributed by atoms with E-state index in [-0.39, 0.29) is 0 Å². The zero-order valence-electron chi connectivity index (χ0n) is 8.28. The Balaban J connectivity index is 1.58. The van der Waals surface area contributed by atoms with Gasteiger partial charge in [-0.3, -0.25) is 4.90 Å². The summed E-state index contributed by atoms with van der Waals surface area (Å²) in [6.45, 7) is 2.78. The van der Waals surface area contributed by atoms with Crippen molar-refractivity contribution >= 4 is 0 Å². The minimum Gasteiger partial charge on any atom is -0.328 e. The first kappa shape index (κ1) is 8.25. The van der Waals surface area contributed by atoms with Crippen molar-refractivity contribution in [2.24, 2.45) is 17.6 Å². The highest BCUT2D eigenvalue weighted by molar-refractivity contribution is 4.99. The number of piperidine rings is 1. The van der Waals surface area contributed by atoms with E-state index in [1.165, 1.54) is 45.2 Å². The molecule has 4 atom stereocenters. The van der Waals surface area contributed by atoms with Gasteiger partial charge in [0.05, 0.1) is 0 Å². The third kappa shape index (κ3) is 1.50. The summed E-state index contributed by atoms with van der Waals surface area (Å²) in [5.74, 6) is 2.16. The average Bonchev–Trinajstić information content (AvgIpc) is 2.74. The van der Waals surface area contributed by atoms with E-state index in [0.29, 0.717) is 6.04 Å². The Morgan fingerprint density at radius 2 is 1.77 bits per heavy atom. The van der Waals surface area contributed by atoms with Crippen LogP contribution in [-0.2, 0) is 0 Å². The number of rotatable bonds is 1. The van der Waals surface area contributed by atoms with Gasteiger partial charge in [-0.05, 0) is 37.5 Å². The van der Waals surface area contributed by atoms with Crippen LogP contribution in [0.15, 0.2) is 0 Å². The van der Waals surface area contributed by atoms with Crippen molar-refractivity contribution in [2.45, 2.75) is 44.2 Å². The maximum absolute atomic E-state index is 6.01. The van der Waals surface area contributed by atoms with E-state index in [9.17, 15) is 0 Å². The standard InChI is InChI=1S/C11H20N2/c12-10-2-1-3-11(5-10)13-6-8-4-9(8)7-13/h8-11H,1-7,12H2. The van der Waals surface area contributed by atoms with Crippen LogP contribution in [0, 0.1) is 11.8 Å². The summed E-state index contributed by atoms with van der Waals surface area (Å²) in [4.78, 5) is 2.72. The molecular formula is C11H20N2. The molecule has 0 amide bonds. The highest BCUT2D eigenvalue weighted by Crippen LogP contribution is 2.46. The third-order valence-electron chi connectivity index (χ3n) is 4.21. The topological polar surface area (TPSA) is 29.3 Å². The largest absolute Gasteiger partial charge is 0.328 e. The van der Waals surface area contributed by atoms with E-state index in [2.05, 4.69) is 4.90 Å². The molecule has 3 rings (SSSR count). The van der Waals surface area contributed by atoms with Crippen molar-refractivity contribution in [1.29, 1.82) is 0 Å². The molecule has 2 heteroatoms. The van der Waals surface area contributed by atoms with Crippen LogP contribution in [0.4, 0.5) is 0 Å². The Morgan fingerprint density at radius 1 is 1.00 bits per heavy atom. The lowest BCUT2D eigenvalue weighted by Gasteiger charge is -2.34. The predicted octanol–water partition coefficient (Wildman–Crippen LogP) is 1.21. The Hall–Kier alpha value is -0.0800. The SMILES string of the molecule is NC1CCCC(N2CC3CC3C2)C1. The van der Waals surface area contributed by atoms with Crippen molar-refractivity contribution in [3.63, 3.8) is 0 Å². The van der Waals surface area contributed by atoms with Crippen molar-refractivity contribution in [3.05, 3.63) is 0 Å². The van der Waals surface area contributed by atoms with E-state index >= 15 is 0 Å². The van der Waals surface area contributed by atoms with Gasteiger partial charge in [0.2, 0.25) is 0 Å². The summed E-state index contributed by atoms with van der Waals surface area (Å²) in [6, 6.07) is 1.34. The zero-order valence-corrected chi connectivity index (χ0v) is 8.28. The first-order valence-electron chi connectivity index (χ1n) is 5.82. The molecule has 2 N–H and O–H groups in total. The molecule has 4 unspecified atom stereocenters. The minimum atomic E-state index is 0.496. The van der Waals surface area contributed by atoms with Gasteiger partial charge in [-0.1, -0.05) is 6.42 Å². The van der Waals surface area contributed by atoms with E-state index < -0.39 is 0 Å². The van der Waals surface area contributed by atoms with Crippen molar-refractivity contribution in [2.75, 3.05) is 13.1 Å². The van der Waals surface area contributed by atoms with Gasteiger partial charge in [-0.15, -0.1) is 0 Å². The van der Waals surface area contributed by atoms with Crippen LogP contribution in [0.3, 0.4) is 0 Å². The van der Waals surface area contributed by atoms with Crippen LogP contribution in [0.25, 0.3) is 0 Å². The van der Waals surface area contributed by atoms with Crippen LogP contribution in [0.5, 0.6) is 0 Å². The summed E-state index contributed by atoms with van der Waals surface area (Å²) in [5, 5.41) is 0. The van der Waals surface area contributed by atoms with E-state index in [4.69, 9.17) is 5.73 Å². The lowest BCUT2D eigenvalue weighted by Crippen LogP contribution is -2.42. The Kier molecular flexibility index (Phi) is 1.88. The molecule has 1 saturated heterocycles. The molecule has 0 aromatic heterocycles. The van der Waals surface area contributed by atoms with Gasteiger partial charge in [0.25, 0.3) is 0 Å². The number of nitrogens with two attached hydrogens (primary N) is 1. The molecular weight excluding hydrogens is 160 g/mol.